The van der Waals surface area contributed by atoms with Crippen LogP contribution in [0, 0.1) is 27.7 Å². The van der Waals surface area contributed by atoms with Gasteiger partial charge in [-0.15, -0.1) is 0 Å². The molecule has 0 radical (unpaired) electrons. The summed E-state index contributed by atoms with van der Waals surface area (Å²) in [5.41, 5.74) is 20.7. The standard InChI is InChI=1S/C27H34N2.2C12H25.Ni/c1-5-7-9-11-25-24(10-8-6-2)26(22-16-12-20(3)13-17-22)29(28)27(25)23-18-14-21(4)15-19-23;2*1-3-5-7-9-11-12-10-8-6-4-2;/h12-19H,5-11H2,1-4H3;2*1,3-12H2,2H3;/q;2*-1;+2. The second kappa shape index (κ2) is 35.4. The fraction of sp³-hybridized carbons (Fsp3) is 0.647. The van der Waals surface area contributed by atoms with E-state index in [4.69, 9.17) is 0 Å². The Morgan fingerprint density at radius 3 is 1.00 bits per heavy atom. The monoisotopic (exact) mass is 783 g/mol. The third kappa shape index (κ3) is 22.5. The van der Waals surface area contributed by atoms with Crippen LogP contribution in [-0.4, -0.2) is 4.70 Å². The summed E-state index contributed by atoms with van der Waals surface area (Å²) in [5.74, 6) is 0. The molecule has 1 aliphatic rings. The number of hydrogen-bond acceptors (Lipinski definition) is 0. The molecule has 308 valence electrons. The topological polar surface area (TPSA) is 25.3 Å². The maximum absolute atomic E-state index is 11.4. The van der Waals surface area contributed by atoms with Crippen LogP contribution in [0.3, 0.4) is 0 Å². The number of aryl methyl sites for hydroxylation is 2. The van der Waals surface area contributed by atoms with Gasteiger partial charge in [0.1, 0.15) is 0 Å². The summed E-state index contributed by atoms with van der Waals surface area (Å²) in [4.78, 5) is 0. The van der Waals surface area contributed by atoms with E-state index in [0.29, 0.717) is 0 Å². The molecule has 1 aliphatic heterocycles. The van der Waals surface area contributed by atoms with Crippen molar-refractivity contribution in [3.05, 3.63) is 101 Å². The summed E-state index contributed by atoms with van der Waals surface area (Å²) in [6.07, 6.45) is 35.7. The van der Waals surface area contributed by atoms with E-state index in [9.17, 15) is 5.53 Å². The third-order valence-electron chi connectivity index (χ3n) is 10.5. The Bertz CT molecular complexity index is 1200. The number of benzene rings is 2. The number of hydrogen-bond donors (Lipinski definition) is 0. The Morgan fingerprint density at radius 1 is 0.407 bits per heavy atom. The number of allylic oxidation sites excluding steroid dienone is 2. The number of unbranched alkanes of at least 4 members (excludes halogenated alkanes) is 21. The van der Waals surface area contributed by atoms with Gasteiger partial charge in [-0.3, -0.25) is 0 Å². The van der Waals surface area contributed by atoms with Crippen molar-refractivity contribution < 1.29 is 21.2 Å². The van der Waals surface area contributed by atoms with Gasteiger partial charge in [0.15, 0.2) is 0 Å². The summed E-state index contributed by atoms with van der Waals surface area (Å²) in [6.45, 7) is 20.9. The van der Waals surface area contributed by atoms with Crippen molar-refractivity contribution in [2.45, 2.75) is 215 Å². The van der Waals surface area contributed by atoms with Crippen molar-refractivity contribution in [1.29, 1.82) is 0 Å². The quantitative estimate of drug-likeness (QED) is 0.0373. The fourth-order valence-electron chi connectivity index (χ4n) is 7.09. The summed E-state index contributed by atoms with van der Waals surface area (Å²) < 4.78 is 1.47. The smallest absolute Gasteiger partial charge is 0.493 e. The molecule has 0 saturated heterocycles. The zero-order valence-electron chi connectivity index (χ0n) is 36.3. The van der Waals surface area contributed by atoms with Crippen LogP contribution in [-0.2, 0) is 16.5 Å². The van der Waals surface area contributed by atoms with Crippen molar-refractivity contribution in [1.82, 2.24) is 0 Å². The molecular weight excluding hydrogens is 699 g/mol. The zero-order chi connectivity index (χ0) is 38.9. The molecule has 3 heteroatoms. The largest absolute Gasteiger partial charge is 2.00 e. The SMILES string of the molecule is CCCCCC1=C(c2ccc(C)cc2)[N+](=[N-])C(c2ccc(C)cc2)=C1CCCC.[CH2-]CCCCCCCCCCC.[CH2-]CCCCCCCCCCC.[Ni+2]. The first-order chi connectivity index (χ1) is 25.9. The Morgan fingerprint density at radius 2 is 0.685 bits per heavy atom. The third-order valence-corrected chi connectivity index (χ3v) is 10.5. The van der Waals surface area contributed by atoms with Gasteiger partial charge in [0.2, 0.25) is 11.4 Å². The molecule has 0 spiro atoms. The Hall–Kier alpha value is -1.99. The molecule has 2 nitrogen and oxygen atoms in total. The minimum atomic E-state index is 0. The van der Waals surface area contributed by atoms with Crippen molar-refractivity contribution >= 4 is 11.4 Å². The van der Waals surface area contributed by atoms with Crippen LogP contribution in [0.5, 0.6) is 0 Å². The first-order valence-corrected chi connectivity index (χ1v) is 22.6. The Balaban J connectivity index is 0.000000935. The fourth-order valence-corrected chi connectivity index (χ4v) is 7.09. The first kappa shape index (κ1) is 52.0. The van der Waals surface area contributed by atoms with E-state index in [1.807, 2.05) is 0 Å². The second-order valence-corrected chi connectivity index (χ2v) is 15.6. The van der Waals surface area contributed by atoms with Gasteiger partial charge >= 0.3 is 16.5 Å². The van der Waals surface area contributed by atoms with Gasteiger partial charge in [-0.05, 0) is 63.8 Å². The molecule has 0 saturated carbocycles. The molecule has 0 aromatic heterocycles. The molecule has 2 aromatic carbocycles. The summed E-state index contributed by atoms with van der Waals surface area (Å²) >= 11 is 0. The van der Waals surface area contributed by atoms with Crippen molar-refractivity contribution in [2.24, 2.45) is 0 Å². The van der Waals surface area contributed by atoms with Crippen LogP contribution < -0.4 is 0 Å². The van der Waals surface area contributed by atoms with E-state index in [1.54, 1.807) is 0 Å². The molecule has 0 unspecified atom stereocenters. The summed E-state index contributed by atoms with van der Waals surface area (Å²) in [6, 6.07) is 17.1. The molecule has 3 rings (SSSR count). The molecule has 0 aliphatic carbocycles. The van der Waals surface area contributed by atoms with Crippen molar-refractivity contribution in [3.8, 4) is 0 Å². The van der Waals surface area contributed by atoms with Gasteiger partial charge in [0.25, 0.3) is 0 Å². The Kier molecular flexibility index (Phi) is 34.1. The van der Waals surface area contributed by atoms with E-state index < -0.39 is 0 Å². The summed E-state index contributed by atoms with van der Waals surface area (Å²) in [7, 11) is 0. The molecule has 0 bridgehead atoms. The first-order valence-electron chi connectivity index (χ1n) is 22.6. The number of rotatable bonds is 27. The van der Waals surface area contributed by atoms with Gasteiger partial charge < -0.3 is 19.4 Å². The van der Waals surface area contributed by atoms with E-state index in [1.165, 1.54) is 155 Å². The van der Waals surface area contributed by atoms with Crippen LogP contribution >= 0.6 is 0 Å². The molecule has 0 atom stereocenters. The van der Waals surface area contributed by atoms with Crippen molar-refractivity contribution in [2.75, 3.05) is 0 Å². The average Bonchev–Trinajstić information content (AvgIpc) is 3.44. The van der Waals surface area contributed by atoms with Gasteiger partial charge in [-0.1, -0.05) is 198 Å². The predicted octanol–water partition coefficient (Wildman–Crippen LogP) is 17.7. The van der Waals surface area contributed by atoms with Crippen LogP contribution in [0.2, 0.25) is 0 Å². The van der Waals surface area contributed by atoms with E-state index in [2.05, 4.69) is 104 Å². The average molecular weight is 784 g/mol. The normalized spacial score (nSPS) is 12.3. The van der Waals surface area contributed by atoms with Gasteiger partial charge in [-0.2, -0.15) is 12.8 Å². The minimum Gasteiger partial charge on any atom is -0.493 e. The van der Waals surface area contributed by atoms with Crippen molar-refractivity contribution in [3.63, 3.8) is 0 Å². The predicted molar refractivity (Wildman–Crippen MR) is 238 cm³/mol. The summed E-state index contributed by atoms with van der Waals surface area (Å²) in [5, 5.41) is 0. The van der Waals surface area contributed by atoms with Crippen LogP contribution in [0.4, 0.5) is 0 Å². The molecule has 1 heterocycles. The van der Waals surface area contributed by atoms with E-state index in [0.717, 1.165) is 67.5 Å². The van der Waals surface area contributed by atoms with Gasteiger partial charge in [0.05, 0.1) is 0 Å². The Labute approximate surface area is 347 Å². The molecule has 2 aromatic rings. The molecule has 0 N–H and O–H groups in total. The maximum atomic E-state index is 11.4. The van der Waals surface area contributed by atoms with E-state index >= 15 is 0 Å². The molecule has 54 heavy (non-hydrogen) atoms. The number of nitrogens with zero attached hydrogens (tertiary/aromatic N) is 2. The molecular formula is C51H84N2Ni. The van der Waals surface area contributed by atoms with Crippen LogP contribution in [0.15, 0.2) is 59.7 Å². The van der Waals surface area contributed by atoms with Crippen LogP contribution in [0.1, 0.15) is 223 Å². The zero-order valence-corrected chi connectivity index (χ0v) is 37.3. The van der Waals surface area contributed by atoms with E-state index in [-0.39, 0.29) is 16.5 Å². The minimum absolute atomic E-state index is 0. The molecule has 0 amide bonds. The van der Waals surface area contributed by atoms with Gasteiger partial charge in [-0.25, -0.2) is 4.70 Å². The molecule has 0 fully saturated rings. The van der Waals surface area contributed by atoms with Crippen LogP contribution in [0.25, 0.3) is 16.9 Å². The maximum Gasteiger partial charge on any atom is 2.00 e. The second-order valence-electron chi connectivity index (χ2n) is 15.6. The van der Waals surface area contributed by atoms with Gasteiger partial charge in [0, 0.05) is 22.3 Å².